The van der Waals surface area contributed by atoms with E-state index in [1.165, 1.54) is 6.20 Å². The van der Waals surface area contributed by atoms with Crippen LogP contribution in [0.3, 0.4) is 0 Å². The molecule has 0 saturated carbocycles. The van der Waals surface area contributed by atoms with E-state index in [4.69, 9.17) is 4.84 Å². The Bertz CT molecular complexity index is 976. The second-order valence-corrected chi connectivity index (χ2v) is 6.12. The van der Waals surface area contributed by atoms with Gasteiger partial charge in [-0.25, -0.2) is 10.3 Å². The Balaban J connectivity index is 1.57. The van der Waals surface area contributed by atoms with Crippen molar-refractivity contribution in [1.29, 1.82) is 0 Å². The third kappa shape index (κ3) is 5.05. The molecule has 3 rings (SSSR count). The van der Waals surface area contributed by atoms with Crippen LogP contribution in [0, 0.1) is 0 Å². The minimum atomic E-state index is -0.520. The van der Waals surface area contributed by atoms with E-state index in [9.17, 15) is 9.59 Å². The Labute approximate surface area is 163 Å². The van der Waals surface area contributed by atoms with Crippen LogP contribution in [0.15, 0.2) is 87.8 Å². The lowest BCUT2D eigenvalue weighted by molar-refractivity contribution is 0.0595. The zero-order valence-corrected chi connectivity index (χ0v) is 15.5. The van der Waals surface area contributed by atoms with Crippen molar-refractivity contribution in [1.82, 2.24) is 4.98 Å². The van der Waals surface area contributed by atoms with E-state index in [0.29, 0.717) is 27.0 Å². The fourth-order valence-electron chi connectivity index (χ4n) is 2.03. The van der Waals surface area contributed by atoms with Crippen LogP contribution in [0.2, 0.25) is 0 Å². The fraction of sp³-hybridized carbons (Fsp3) is 0. The quantitative estimate of drug-likeness (QED) is 0.461. The van der Waals surface area contributed by atoms with Gasteiger partial charge in [-0.05, 0) is 64.5 Å². The van der Waals surface area contributed by atoms with Crippen LogP contribution in [0.25, 0.3) is 0 Å². The SMILES string of the molecule is O=C(N=Nc1ccc(NOC(=O)c2ccccc2Br)cc1)c1cccnc1. The Morgan fingerprint density at radius 2 is 1.78 bits per heavy atom. The summed E-state index contributed by atoms with van der Waals surface area (Å²) < 4.78 is 0.644. The van der Waals surface area contributed by atoms with Crippen LogP contribution in [0.4, 0.5) is 11.4 Å². The number of carbonyl (C=O) groups is 2. The van der Waals surface area contributed by atoms with Crippen LogP contribution in [0.5, 0.6) is 0 Å². The first kappa shape index (κ1) is 18.4. The van der Waals surface area contributed by atoms with Gasteiger partial charge in [-0.1, -0.05) is 12.1 Å². The maximum absolute atomic E-state index is 12.0. The number of benzene rings is 2. The molecule has 0 aliphatic rings. The lowest BCUT2D eigenvalue weighted by Crippen LogP contribution is -2.11. The Morgan fingerprint density at radius 1 is 1.00 bits per heavy atom. The van der Waals surface area contributed by atoms with Gasteiger partial charge < -0.3 is 4.84 Å². The van der Waals surface area contributed by atoms with Crippen LogP contribution in [-0.2, 0) is 4.84 Å². The third-order valence-corrected chi connectivity index (χ3v) is 4.08. The average molecular weight is 425 g/mol. The van der Waals surface area contributed by atoms with Gasteiger partial charge in [0.1, 0.15) is 0 Å². The van der Waals surface area contributed by atoms with E-state index >= 15 is 0 Å². The van der Waals surface area contributed by atoms with E-state index in [-0.39, 0.29) is 0 Å². The van der Waals surface area contributed by atoms with Crippen molar-refractivity contribution in [2.75, 3.05) is 5.48 Å². The van der Waals surface area contributed by atoms with Gasteiger partial charge in [-0.2, -0.15) is 0 Å². The molecule has 1 amide bonds. The predicted octanol–water partition coefficient (Wildman–Crippen LogP) is 4.95. The standard InChI is InChI=1S/C19H13BrN4O3/c20-17-6-2-1-5-16(17)19(26)27-24-15-9-7-14(8-10-15)22-23-18(25)13-4-3-11-21-12-13/h1-12,24H. The summed E-state index contributed by atoms with van der Waals surface area (Å²) in [5.74, 6) is -0.999. The highest BCUT2D eigenvalue weighted by atomic mass is 79.9. The Morgan fingerprint density at radius 3 is 2.48 bits per heavy atom. The maximum Gasteiger partial charge on any atom is 0.363 e. The number of rotatable bonds is 5. The summed E-state index contributed by atoms with van der Waals surface area (Å²) in [4.78, 5) is 32.8. The van der Waals surface area contributed by atoms with E-state index < -0.39 is 11.9 Å². The summed E-state index contributed by atoms with van der Waals surface area (Å²) in [6.45, 7) is 0. The van der Waals surface area contributed by atoms with E-state index in [1.807, 2.05) is 0 Å². The highest BCUT2D eigenvalue weighted by Crippen LogP contribution is 2.19. The summed E-state index contributed by atoms with van der Waals surface area (Å²) in [6, 6.07) is 16.8. The number of aromatic nitrogens is 1. The highest BCUT2D eigenvalue weighted by molar-refractivity contribution is 9.10. The molecule has 7 nitrogen and oxygen atoms in total. The normalized spacial score (nSPS) is 10.6. The average Bonchev–Trinajstić information content (AvgIpc) is 2.72. The summed E-state index contributed by atoms with van der Waals surface area (Å²) in [5, 5.41) is 7.54. The van der Waals surface area contributed by atoms with Gasteiger partial charge in [0.15, 0.2) is 0 Å². The van der Waals surface area contributed by atoms with Crippen molar-refractivity contribution < 1.29 is 14.4 Å². The minimum Gasteiger partial charge on any atom is -0.338 e. The van der Waals surface area contributed by atoms with E-state index in [1.54, 1.807) is 66.9 Å². The van der Waals surface area contributed by atoms with Crippen molar-refractivity contribution in [3.05, 3.63) is 88.7 Å². The third-order valence-electron chi connectivity index (χ3n) is 3.39. The fourth-order valence-corrected chi connectivity index (χ4v) is 2.48. The second-order valence-electron chi connectivity index (χ2n) is 5.27. The van der Waals surface area contributed by atoms with Crippen LogP contribution in [-0.4, -0.2) is 16.9 Å². The number of azo groups is 1. The molecule has 0 bridgehead atoms. The molecular weight excluding hydrogens is 412 g/mol. The number of hydrogen-bond donors (Lipinski definition) is 1. The molecule has 0 radical (unpaired) electrons. The van der Waals surface area contributed by atoms with Crippen LogP contribution >= 0.6 is 15.9 Å². The topological polar surface area (TPSA) is 93.0 Å². The number of carbonyl (C=O) groups excluding carboxylic acids is 2. The second kappa shape index (κ2) is 8.81. The number of hydrogen-bond acceptors (Lipinski definition) is 6. The van der Waals surface area contributed by atoms with E-state index in [0.717, 1.165) is 0 Å². The van der Waals surface area contributed by atoms with Crippen molar-refractivity contribution >= 4 is 39.2 Å². The number of pyridine rings is 1. The molecule has 0 saturated heterocycles. The van der Waals surface area contributed by atoms with Crippen molar-refractivity contribution in [3.8, 4) is 0 Å². The molecule has 1 heterocycles. The molecule has 0 aliphatic heterocycles. The lowest BCUT2D eigenvalue weighted by atomic mass is 10.2. The molecule has 1 N–H and O–H groups in total. The van der Waals surface area contributed by atoms with Gasteiger partial charge >= 0.3 is 5.97 Å². The van der Waals surface area contributed by atoms with E-state index in [2.05, 4.69) is 36.6 Å². The molecule has 2 aromatic carbocycles. The first-order valence-electron chi connectivity index (χ1n) is 7.81. The first-order valence-corrected chi connectivity index (χ1v) is 8.60. The molecule has 0 spiro atoms. The predicted molar refractivity (Wildman–Crippen MR) is 103 cm³/mol. The molecule has 0 unspecified atom stereocenters. The van der Waals surface area contributed by atoms with Gasteiger partial charge in [0, 0.05) is 16.9 Å². The van der Waals surface area contributed by atoms with Crippen LogP contribution in [0.1, 0.15) is 20.7 Å². The Hall–Kier alpha value is -3.39. The zero-order valence-electron chi connectivity index (χ0n) is 13.9. The highest BCUT2D eigenvalue weighted by Gasteiger charge is 2.11. The maximum atomic E-state index is 12.0. The largest absolute Gasteiger partial charge is 0.363 e. The van der Waals surface area contributed by atoms with Crippen LogP contribution < -0.4 is 5.48 Å². The molecule has 8 heteroatoms. The molecular formula is C19H13BrN4O3. The number of halogens is 1. The lowest BCUT2D eigenvalue weighted by Gasteiger charge is -2.07. The molecule has 134 valence electrons. The summed E-state index contributed by atoms with van der Waals surface area (Å²) in [6.07, 6.45) is 3.00. The summed E-state index contributed by atoms with van der Waals surface area (Å²) in [5.41, 5.74) is 4.37. The Kier molecular flexibility index (Phi) is 6.01. The molecule has 27 heavy (non-hydrogen) atoms. The van der Waals surface area contributed by atoms with Crippen molar-refractivity contribution in [3.63, 3.8) is 0 Å². The van der Waals surface area contributed by atoms with Gasteiger partial charge in [-0.15, -0.1) is 10.2 Å². The monoisotopic (exact) mass is 424 g/mol. The zero-order chi connectivity index (χ0) is 19.1. The van der Waals surface area contributed by atoms with Gasteiger partial charge in [-0.3, -0.25) is 9.78 Å². The molecule has 0 aliphatic carbocycles. The van der Waals surface area contributed by atoms with Crippen molar-refractivity contribution in [2.24, 2.45) is 10.2 Å². The molecule has 0 atom stereocenters. The summed E-state index contributed by atoms with van der Waals surface area (Å²) in [7, 11) is 0. The van der Waals surface area contributed by atoms with Gasteiger partial charge in [0.2, 0.25) is 0 Å². The number of nitrogens with one attached hydrogen (secondary N) is 1. The molecule has 0 fully saturated rings. The molecule has 3 aromatic rings. The number of nitrogens with zero attached hydrogens (tertiary/aromatic N) is 3. The van der Waals surface area contributed by atoms with Gasteiger partial charge in [0.05, 0.1) is 22.5 Å². The number of amides is 1. The minimum absolute atomic E-state index is 0.360. The van der Waals surface area contributed by atoms with Gasteiger partial charge in [0.25, 0.3) is 5.91 Å². The summed E-state index contributed by atoms with van der Waals surface area (Å²) >= 11 is 3.30. The number of anilines is 1. The smallest absolute Gasteiger partial charge is 0.338 e. The molecule has 1 aromatic heterocycles. The van der Waals surface area contributed by atoms with Crippen molar-refractivity contribution in [2.45, 2.75) is 0 Å². The first-order chi connectivity index (χ1) is 13.1.